The van der Waals surface area contributed by atoms with Crippen LogP contribution in [0, 0.1) is 17.3 Å². The van der Waals surface area contributed by atoms with Crippen molar-refractivity contribution in [3.05, 3.63) is 17.7 Å². The van der Waals surface area contributed by atoms with Crippen molar-refractivity contribution in [2.75, 3.05) is 26.6 Å². The average molecular weight is 385 g/mol. The molecule has 150 valence electrons. The van der Waals surface area contributed by atoms with E-state index in [1.54, 1.807) is 20.3 Å². The molecule has 7 heteroatoms. The van der Waals surface area contributed by atoms with Gasteiger partial charge in [0.25, 0.3) is 0 Å². The third-order valence-electron chi connectivity index (χ3n) is 6.85. The number of anilines is 1. The molecule has 1 aromatic rings. The van der Waals surface area contributed by atoms with Gasteiger partial charge in [0.2, 0.25) is 0 Å². The van der Waals surface area contributed by atoms with Crippen molar-refractivity contribution >= 4 is 5.69 Å². The molecule has 0 aromatic heterocycles. The van der Waals surface area contributed by atoms with Gasteiger partial charge in [-0.3, -0.25) is 4.74 Å². The molecule has 4 fully saturated rings. The lowest BCUT2D eigenvalue weighted by Gasteiger charge is -2.62. The molecular formula is C20H26F3NO3. The van der Waals surface area contributed by atoms with Gasteiger partial charge in [0.05, 0.1) is 20.8 Å². The van der Waals surface area contributed by atoms with Crippen molar-refractivity contribution in [3.63, 3.8) is 0 Å². The molecule has 4 bridgehead atoms. The summed E-state index contributed by atoms with van der Waals surface area (Å²) in [4.78, 5) is 0. The third-order valence-corrected chi connectivity index (χ3v) is 6.85. The molecule has 0 heterocycles. The Balaban J connectivity index is 1.71. The molecule has 2 N–H and O–H groups in total. The van der Waals surface area contributed by atoms with E-state index in [2.05, 4.69) is 4.74 Å². The minimum Gasteiger partial charge on any atom is -0.493 e. The second-order valence-corrected chi connectivity index (χ2v) is 8.77. The van der Waals surface area contributed by atoms with E-state index in [1.807, 2.05) is 6.07 Å². The fourth-order valence-corrected chi connectivity index (χ4v) is 6.53. The van der Waals surface area contributed by atoms with Crippen LogP contribution in [0.15, 0.2) is 12.1 Å². The molecule has 4 aliphatic carbocycles. The summed E-state index contributed by atoms with van der Waals surface area (Å²) in [6, 6.07) is 3.70. The standard InChI is InChI=1S/C20H26F3NO3/c1-25-16-4-14(15(24)5-17(16)26-2)19-8-12-3-13(9-19)7-18(6-12,10-19)11-27-20(21,22)23/h4-5,12-13H,3,6-11,24H2,1-2H3/t12-,13?,18?,19?/m0/s1. The average Bonchev–Trinajstić information content (AvgIpc) is 2.58. The Morgan fingerprint density at radius 3 is 2.19 bits per heavy atom. The molecule has 4 atom stereocenters. The van der Waals surface area contributed by atoms with Gasteiger partial charge in [-0.25, -0.2) is 0 Å². The minimum absolute atomic E-state index is 0.206. The van der Waals surface area contributed by atoms with E-state index in [4.69, 9.17) is 15.2 Å². The van der Waals surface area contributed by atoms with E-state index in [1.165, 1.54) is 0 Å². The summed E-state index contributed by atoms with van der Waals surface area (Å²) in [7, 11) is 3.14. The van der Waals surface area contributed by atoms with Crippen molar-refractivity contribution < 1.29 is 27.4 Å². The predicted molar refractivity (Wildman–Crippen MR) is 94.8 cm³/mol. The highest BCUT2D eigenvalue weighted by Crippen LogP contribution is 2.66. The first-order chi connectivity index (χ1) is 12.7. The van der Waals surface area contributed by atoms with Gasteiger partial charge in [-0.2, -0.15) is 0 Å². The van der Waals surface area contributed by atoms with Crippen molar-refractivity contribution in [1.29, 1.82) is 0 Å². The van der Waals surface area contributed by atoms with Crippen LogP contribution in [0.4, 0.5) is 18.9 Å². The zero-order valence-corrected chi connectivity index (χ0v) is 15.7. The Morgan fingerprint density at radius 1 is 1.04 bits per heavy atom. The molecule has 0 aliphatic heterocycles. The first-order valence-electron chi connectivity index (χ1n) is 9.40. The van der Waals surface area contributed by atoms with Crippen LogP contribution in [-0.4, -0.2) is 27.2 Å². The Labute approximate surface area is 157 Å². The largest absolute Gasteiger partial charge is 0.522 e. The summed E-state index contributed by atoms with van der Waals surface area (Å²) in [5.74, 6) is 2.03. The summed E-state index contributed by atoms with van der Waals surface area (Å²) in [6.45, 7) is -0.252. The summed E-state index contributed by atoms with van der Waals surface area (Å²) < 4.78 is 53.3. The lowest BCUT2D eigenvalue weighted by atomic mass is 9.43. The summed E-state index contributed by atoms with van der Waals surface area (Å²) >= 11 is 0. The lowest BCUT2D eigenvalue weighted by molar-refractivity contribution is -0.339. The number of nitrogen functional groups attached to an aromatic ring is 1. The molecule has 27 heavy (non-hydrogen) atoms. The van der Waals surface area contributed by atoms with Crippen LogP contribution in [0.25, 0.3) is 0 Å². The second kappa shape index (κ2) is 6.19. The monoisotopic (exact) mass is 385 g/mol. The van der Waals surface area contributed by atoms with Crippen LogP contribution < -0.4 is 15.2 Å². The van der Waals surface area contributed by atoms with E-state index in [0.29, 0.717) is 35.4 Å². The number of hydrogen-bond acceptors (Lipinski definition) is 4. The number of benzene rings is 1. The van der Waals surface area contributed by atoms with Crippen LogP contribution in [0.5, 0.6) is 11.5 Å². The van der Waals surface area contributed by atoms with E-state index in [-0.39, 0.29) is 12.0 Å². The summed E-state index contributed by atoms with van der Waals surface area (Å²) in [5, 5.41) is 0. The molecule has 0 spiro atoms. The number of rotatable bonds is 5. The van der Waals surface area contributed by atoms with Gasteiger partial charge < -0.3 is 15.2 Å². The van der Waals surface area contributed by atoms with Crippen LogP contribution in [-0.2, 0) is 10.2 Å². The number of halogens is 3. The smallest absolute Gasteiger partial charge is 0.493 e. The van der Waals surface area contributed by atoms with Crippen molar-refractivity contribution in [2.45, 2.75) is 50.3 Å². The number of methoxy groups -OCH3 is 2. The van der Waals surface area contributed by atoms with Gasteiger partial charge >= 0.3 is 6.36 Å². The normalized spacial score (nSPS) is 34.7. The molecule has 0 saturated heterocycles. The number of ether oxygens (including phenoxy) is 3. The van der Waals surface area contributed by atoms with Gasteiger partial charge in [0.15, 0.2) is 11.5 Å². The number of nitrogens with two attached hydrogens (primary N) is 1. The maximum atomic E-state index is 12.7. The molecule has 4 aliphatic rings. The second-order valence-electron chi connectivity index (χ2n) is 8.77. The van der Waals surface area contributed by atoms with Crippen LogP contribution in [0.3, 0.4) is 0 Å². The van der Waals surface area contributed by atoms with E-state index >= 15 is 0 Å². The molecule has 5 rings (SSSR count). The first kappa shape index (κ1) is 18.7. The van der Waals surface area contributed by atoms with Crippen molar-refractivity contribution in [1.82, 2.24) is 0 Å². The van der Waals surface area contributed by atoms with Crippen LogP contribution in [0.2, 0.25) is 0 Å². The van der Waals surface area contributed by atoms with Gasteiger partial charge in [-0.15, -0.1) is 13.2 Å². The van der Waals surface area contributed by atoms with Crippen LogP contribution in [0.1, 0.15) is 44.1 Å². The van der Waals surface area contributed by atoms with Gasteiger partial charge in [0, 0.05) is 11.8 Å². The molecule has 0 radical (unpaired) electrons. The SMILES string of the molecule is COc1cc(N)c(C23CC4C[C@@H](CC(COC(F)(F)F)(C4)C2)C3)cc1OC. The van der Waals surface area contributed by atoms with Gasteiger partial charge in [0.1, 0.15) is 0 Å². The number of alkyl halides is 3. The van der Waals surface area contributed by atoms with E-state index < -0.39 is 11.8 Å². The highest BCUT2D eigenvalue weighted by Gasteiger charge is 2.59. The highest BCUT2D eigenvalue weighted by molar-refractivity contribution is 5.61. The van der Waals surface area contributed by atoms with Crippen molar-refractivity contribution in [2.24, 2.45) is 17.3 Å². The number of hydrogen-bond donors (Lipinski definition) is 1. The summed E-state index contributed by atoms with van der Waals surface area (Å²) in [6.07, 6.45) is 0.765. The molecule has 0 amide bonds. The highest BCUT2D eigenvalue weighted by atomic mass is 19.4. The summed E-state index contributed by atoms with van der Waals surface area (Å²) in [5.41, 5.74) is 7.38. The zero-order chi connectivity index (χ0) is 19.4. The molecule has 3 unspecified atom stereocenters. The van der Waals surface area contributed by atoms with Crippen LogP contribution >= 0.6 is 0 Å². The zero-order valence-electron chi connectivity index (χ0n) is 15.7. The molecule has 4 nitrogen and oxygen atoms in total. The van der Waals surface area contributed by atoms with Crippen molar-refractivity contribution in [3.8, 4) is 11.5 Å². The molecule has 4 saturated carbocycles. The Kier molecular flexibility index (Phi) is 4.29. The quantitative estimate of drug-likeness (QED) is 0.749. The topological polar surface area (TPSA) is 53.7 Å². The Morgan fingerprint density at radius 2 is 1.63 bits per heavy atom. The molecular weight excluding hydrogens is 359 g/mol. The predicted octanol–water partition coefficient (Wildman–Crippen LogP) is 4.66. The van der Waals surface area contributed by atoms with Gasteiger partial charge in [-0.05, 0) is 72.8 Å². The maximum absolute atomic E-state index is 12.7. The fourth-order valence-electron chi connectivity index (χ4n) is 6.53. The molecule has 1 aromatic carbocycles. The minimum atomic E-state index is -4.58. The maximum Gasteiger partial charge on any atom is 0.522 e. The van der Waals surface area contributed by atoms with E-state index in [0.717, 1.165) is 37.7 Å². The fraction of sp³-hybridized carbons (Fsp3) is 0.700. The Hall–Kier alpha value is -1.63. The third kappa shape index (κ3) is 3.24. The Bertz CT molecular complexity index is 720. The van der Waals surface area contributed by atoms with Gasteiger partial charge in [-0.1, -0.05) is 0 Å². The first-order valence-corrected chi connectivity index (χ1v) is 9.40. The van der Waals surface area contributed by atoms with E-state index in [9.17, 15) is 13.2 Å². The lowest BCUT2D eigenvalue weighted by Crippen LogP contribution is -2.56.